The molecule has 0 saturated heterocycles. The first-order valence-corrected chi connectivity index (χ1v) is 7.38. The molecular weight excluding hydrogens is 347 g/mol. The summed E-state index contributed by atoms with van der Waals surface area (Å²) in [6.45, 7) is 0. The molecule has 0 aliphatic heterocycles. The van der Waals surface area contributed by atoms with E-state index in [0.29, 0.717) is 17.5 Å². The van der Waals surface area contributed by atoms with Crippen LogP contribution >= 0.6 is 15.9 Å². The van der Waals surface area contributed by atoms with Gasteiger partial charge in [-0.3, -0.25) is 0 Å². The summed E-state index contributed by atoms with van der Waals surface area (Å²) in [5.41, 5.74) is 1.22. The maximum Gasteiger partial charge on any atom is 0.229 e. The van der Waals surface area contributed by atoms with E-state index in [1.165, 1.54) is 6.07 Å². The lowest BCUT2D eigenvalue weighted by Crippen LogP contribution is -2.01. The van der Waals surface area contributed by atoms with Gasteiger partial charge >= 0.3 is 0 Å². The minimum absolute atomic E-state index is 0.321. The third-order valence-corrected chi connectivity index (χ3v) is 3.60. The number of aromatic nitrogens is 2. The maximum absolute atomic E-state index is 13.6. The van der Waals surface area contributed by atoms with Crippen LogP contribution in [0.4, 0.5) is 27.5 Å². The van der Waals surface area contributed by atoms with E-state index in [9.17, 15) is 4.39 Å². The Bertz CT molecular complexity index is 732. The Morgan fingerprint density at radius 3 is 2.36 bits per heavy atom. The van der Waals surface area contributed by atoms with Crippen molar-refractivity contribution in [2.24, 2.45) is 0 Å². The van der Waals surface area contributed by atoms with Gasteiger partial charge in [-0.2, -0.15) is 4.98 Å². The van der Waals surface area contributed by atoms with E-state index in [2.05, 4.69) is 36.5 Å². The molecule has 4 nitrogen and oxygen atoms in total. The smallest absolute Gasteiger partial charge is 0.229 e. The predicted octanol–water partition coefficient (Wildman–Crippen LogP) is 4.87. The number of hydrogen-bond acceptors (Lipinski definition) is 4. The fourth-order valence-electron chi connectivity index (χ4n) is 1.87. The van der Waals surface area contributed by atoms with E-state index in [0.717, 1.165) is 10.2 Å². The summed E-state index contributed by atoms with van der Waals surface area (Å²) in [5.74, 6) is 0.582. The SMILES string of the molecule is Fc1ccccc1Nc1nccc(Nc2ccccc2Br)n1. The van der Waals surface area contributed by atoms with Crippen molar-refractivity contribution in [3.8, 4) is 0 Å². The molecule has 0 radical (unpaired) electrons. The van der Waals surface area contributed by atoms with Gasteiger partial charge in [-0.05, 0) is 46.3 Å². The van der Waals surface area contributed by atoms with Crippen molar-refractivity contribution >= 4 is 39.1 Å². The molecule has 0 unspecified atom stereocenters. The molecule has 3 aromatic rings. The van der Waals surface area contributed by atoms with Crippen molar-refractivity contribution in [2.75, 3.05) is 10.6 Å². The number of nitrogens with zero attached hydrogens (tertiary/aromatic N) is 2. The van der Waals surface area contributed by atoms with E-state index >= 15 is 0 Å². The summed E-state index contributed by atoms with van der Waals surface area (Å²) < 4.78 is 14.6. The van der Waals surface area contributed by atoms with Gasteiger partial charge in [0.1, 0.15) is 11.6 Å². The fourth-order valence-corrected chi connectivity index (χ4v) is 2.26. The standard InChI is InChI=1S/C16H12BrFN4/c17-11-5-1-3-7-13(11)20-15-9-10-19-16(22-15)21-14-8-4-2-6-12(14)18/h1-10H,(H2,19,20,21,22). The van der Waals surface area contributed by atoms with E-state index < -0.39 is 0 Å². The Balaban J connectivity index is 1.81. The van der Waals surface area contributed by atoms with E-state index in [4.69, 9.17) is 0 Å². The Hall–Kier alpha value is -2.47. The van der Waals surface area contributed by atoms with Gasteiger partial charge in [0.25, 0.3) is 0 Å². The first kappa shape index (κ1) is 14.5. The summed E-state index contributed by atoms with van der Waals surface area (Å²) >= 11 is 3.46. The molecule has 0 atom stereocenters. The van der Waals surface area contributed by atoms with Crippen LogP contribution in [-0.2, 0) is 0 Å². The average molecular weight is 359 g/mol. The molecule has 0 aliphatic carbocycles. The molecule has 0 spiro atoms. The minimum Gasteiger partial charge on any atom is -0.339 e. The lowest BCUT2D eigenvalue weighted by molar-refractivity contribution is 0.631. The molecule has 0 fully saturated rings. The molecule has 110 valence electrons. The molecular formula is C16H12BrFN4. The van der Waals surface area contributed by atoms with Crippen LogP contribution in [0.5, 0.6) is 0 Å². The highest BCUT2D eigenvalue weighted by molar-refractivity contribution is 9.10. The monoisotopic (exact) mass is 358 g/mol. The highest BCUT2D eigenvalue weighted by Gasteiger charge is 2.05. The second-order valence-corrected chi connectivity index (χ2v) is 5.33. The zero-order valence-corrected chi connectivity index (χ0v) is 13.0. The molecule has 6 heteroatoms. The second-order valence-electron chi connectivity index (χ2n) is 4.48. The Labute approximate surface area is 135 Å². The molecule has 1 aromatic heterocycles. The Morgan fingerprint density at radius 1 is 0.864 bits per heavy atom. The molecule has 0 saturated carbocycles. The molecule has 22 heavy (non-hydrogen) atoms. The summed E-state index contributed by atoms with van der Waals surface area (Å²) in [7, 11) is 0. The number of anilines is 4. The van der Waals surface area contributed by atoms with Gasteiger partial charge in [-0.15, -0.1) is 0 Å². The topological polar surface area (TPSA) is 49.8 Å². The molecule has 3 rings (SSSR count). The van der Waals surface area contributed by atoms with Crippen molar-refractivity contribution in [2.45, 2.75) is 0 Å². The van der Waals surface area contributed by atoms with Crippen molar-refractivity contribution < 1.29 is 4.39 Å². The van der Waals surface area contributed by atoms with Crippen molar-refractivity contribution in [1.82, 2.24) is 9.97 Å². The average Bonchev–Trinajstić information content (AvgIpc) is 2.52. The summed E-state index contributed by atoms with van der Waals surface area (Å²) in [6.07, 6.45) is 1.61. The van der Waals surface area contributed by atoms with E-state index in [1.54, 1.807) is 30.5 Å². The lowest BCUT2D eigenvalue weighted by atomic mass is 10.3. The maximum atomic E-state index is 13.6. The van der Waals surface area contributed by atoms with Crippen LogP contribution < -0.4 is 10.6 Å². The van der Waals surface area contributed by atoms with Crippen LogP contribution in [0.25, 0.3) is 0 Å². The zero-order chi connectivity index (χ0) is 15.4. The summed E-state index contributed by atoms with van der Waals surface area (Å²) in [4.78, 5) is 8.42. The quantitative estimate of drug-likeness (QED) is 0.698. The Morgan fingerprint density at radius 2 is 1.59 bits per heavy atom. The molecule has 1 heterocycles. The molecule has 0 amide bonds. The van der Waals surface area contributed by atoms with Gasteiger partial charge in [0, 0.05) is 10.7 Å². The first-order valence-electron chi connectivity index (χ1n) is 6.58. The van der Waals surface area contributed by atoms with E-state index in [-0.39, 0.29) is 5.82 Å². The fraction of sp³-hybridized carbons (Fsp3) is 0. The van der Waals surface area contributed by atoms with Gasteiger partial charge in [0.15, 0.2) is 0 Å². The van der Waals surface area contributed by atoms with Gasteiger partial charge in [0.2, 0.25) is 5.95 Å². The molecule has 2 aromatic carbocycles. The van der Waals surface area contributed by atoms with Crippen LogP contribution in [0.3, 0.4) is 0 Å². The highest BCUT2D eigenvalue weighted by Crippen LogP contribution is 2.25. The third-order valence-electron chi connectivity index (χ3n) is 2.91. The normalized spacial score (nSPS) is 10.3. The largest absolute Gasteiger partial charge is 0.339 e. The van der Waals surface area contributed by atoms with Crippen molar-refractivity contribution in [3.05, 3.63) is 71.1 Å². The van der Waals surface area contributed by atoms with Crippen LogP contribution in [0, 0.1) is 5.82 Å². The molecule has 2 N–H and O–H groups in total. The highest BCUT2D eigenvalue weighted by atomic mass is 79.9. The van der Waals surface area contributed by atoms with Gasteiger partial charge in [-0.1, -0.05) is 24.3 Å². The second kappa shape index (κ2) is 6.53. The zero-order valence-electron chi connectivity index (χ0n) is 11.4. The van der Waals surface area contributed by atoms with Gasteiger partial charge in [-0.25, -0.2) is 9.37 Å². The number of benzene rings is 2. The number of para-hydroxylation sites is 2. The lowest BCUT2D eigenvalue weighted by Gasteiger charge is -2.10. The molecule has 0 aliphatic rings. The van der Waals surface area contributed by atoms with Crippen LogP contribution in [-0.4, -0.2) is 9.97 Å². The van der Waals surface area contributed by atoms with Gasteiger partial charge < -0.3 is 10.6 Å². The first-order chi connectivity index (χ1) is 10.7. The number of nitrogens with one attached hydrogen (secondary N) is 2. The number of halogens is 2. The number of rotatable bonds is 4. The molecule has 0 bridgehead atoms. The van der Waals surface area contributed by atoms with Crippen LogP contribution in [0.15, 0.2) is 65.3 Å². The van der Waals surface area contributed by atoms with Crippen molar-refractivity contribution in [1.29, 1.82) is 0 Å². The summed E-state index contributed by atoms with van der Waals surface area (Å²) in [5, 5.41) is 6.05. The van der Waals surface area contributed by atoms with Gasteiger partial charge in [0.05, 0.1) is 11.4 Å². The minimum atomic E-state index is -0.352. The number of hydrogen-bond donors (Lipinski definition) is 2. The van der Waals surface area contributed by atoms with Crippen LogP contribution in [0.2, 0.25) is 0 Å². The van der Waals surface area contributed by atoms with Crippen molar-refractivity contribution in [3.63, 3.8) is 0 Å². The summed E-state index contributed by atoms with van der Waals surface area (Å²) in [6, 6.07) is 15.8. The van der Waals surface area contributed by atoms with Crippen LogP contribution in [0.1, 0.15) is 0 Å². The van der Waals surface area contributed by atoms with E-state index in [1.807, 2.05) is 24.3 Å². The predicted molar refractivity (Wildman–Crippen MR) is 89.1 cm³/mol. The Kier molecular flexibility index (Phi) is 4.29. The third kappa shape index (κ3) is 3.40.